The summed E-state index contributed by atoms with van der Waals surface area (Å²) in [6.07, 6.45) is -5.08. The van der Waals surface area contributed by atoms with Crippen molar-refractivity contribution in [2.24, 2.45) is 0 Å². The minimum absolute atomic E-state index is 0.0155. The van der Waals surface area contributed by atoms with Gasteiger partial charge in [-0.15, -0.1) is 0 Å². The van der Waals surface area contributed by atoms with Crippen LogP contribution in [0.2, 0.25) is 0 Å². The molecule has 2 amide bonds. The molecule has 8 nitrogen and oxygen atoms in total. The number of benzene rings is 3. The third-order valence-corrected chi connectivity index (χ3v) is 6.90. The molecular weight excluding hydrogens is 567 g/mol. The number of amides is 2. The van der Waals surface area contributed by atoms with Gasteiger partial charge < -0.3 is 13.9 Å². The van der Waals surface area contributed by atoms with Crippen molar-refractivity contribution in [1.29, 1.82) is 0 Å². The van der Waals surface area contributed by atoms with Crippen LogP contribution >= 0.6 is 0 Å². The Morgan fingerprint density at radius 2 is 1.47 bits per heavy atom. The van der Waals surface area contributed by atoms with E-state index in [-0.39, 0.29) is 39.0 Å². The zero-order chi connectivity index (χ0) is 31.4. The fourth-order valence-corrected chi connectivity index (χ4v) is 4.66. The first-order valence-electron chi connectivity index (χ1n) is 13.3. The Hall–Kier alpha value is -4.93. The van der Waals surface area contributed by atoms with Gasteiger partial charge in [0.1, 0.15) is 17.1 Å². The number of hydrogen-bond acceptors (Lipinski definition) is 7. The summed E-state index contributed by atoms with van der Waals surface area (Å²) in [7, 11) is 0. The topological polar surface area (TPSA) is 103 Å². The molecule has 5 rings (SSSR count). The fourth-order valence-electron chi connectivity index (χ4n) is 4.66. The van der Waals surface area contributed by atoms with Crippen molar-refractivity contribution in [3.63, 3.8) is 0 Å². The van der Waals surface area contributed by atoms with Crippen LogP contribution in [0, 0.1) is 0 Å². The zero-order valence-electron chi connectivity index (χ0n) is 23.8. The molecule has 0 bridgehead atoms. The molecule has 0 fully saturated rings. The average molecular weight is 594 g/mol. The van der Waals surface area contributed by atoms with Crippen molar-refractivity contribution in [3.05, 3.63) is 98.9 Å². The van der Waals surface area contributed by atoms with Crippen LogP contribution in [0.5, 0.6) is 17.2 Å². The molecule has 1 aliphatic rings. The maximum Gasteiger partial charge on any atom is 0.453 e. The van der Waals surface area contributed by atoms with Gasteiger partial charge in [-0.1, -0.05) is 32.9 Å². The van der Waals surface area contributed by atoms with Crippen molar-refractivity contribution in [2.45, 2.75) is 52.3 Å². The first kappa shape index (κ1) is 29.6. The molecule has 2 heterocycles. The third-order valence-electron chi connectivity index (χ3n) is 6.90. The summed E-state index contributed by atoms with van der Waals surface area (Å²) in [5.74, 6) is -4.85. The molecule has 0 radical (unpaired) electrons. The molecule has 1 aliphatic heterocycles. The second-order valence-electron chi connectivity index (χ2n) is 11.3. The quantitative estimate of drug-likeness (QED) is 0.138. The molecule has 11 heteroatoms. The van der Waals surface area contributed by atoms with Crippen molar-refractivity contribution in [2.75, 3.05) is 0 Å². The second kappa shape index (κ2) is 10.4. The van der Waals surface area contributed by atoms with Gasteiger partial charge in [0.15, 0.2) is 0 Å². The van der Waals surface area contributed by atoms with Gasteiger partial charge >= 0.3 is 12.1 Å². The number of ether oxygens (including phenoxy) is 2. The maximum atomic E-state index is 14.0. The van der Waals surface area contributed by atoms with Crippen LogP contribution in [0.4, 0.5) is 13.2 Å². The SMILES string of the molecule is CC(C)N1C(=O)c2ccc(C(=O)Oc3ccc4c(=O)c(Oc5ccc(C(C)(C)C)cc5)c(C(F)(F)F)oc4c3)cc2C1=O. The summed E-state index contributed by atoms with van der Waals surface area (Å²) >= 11 is 0. The van der Waals surface area contributed by atoms with Crippen LogP contribution < -0.4 is 14.9 Å². The van der Waals surface area contributed by atoms with Crippen molar-refractivity contribution in [1.82, 2.24) is 4.90 Å². The zero-order valence-corrected chi connectivity index (χ0v) is 23.8. The first-order chi connectivity index (χ1) is 20.1. The highest BCUT2D eigenvalue weighted by molar-refractivity contribution is 6.22. The minimum atomic E-state index is -5.08. The molecule has 4 aromatic rings. The Balaban J connectivity index is 1.46. The number of halogens is 3. The van der Waals surface area contributed by atoms with E-state index in [9.17, 15) is 32.3 Å². The first-order valence-corrected chi connectivity index (χ1v) is 13.3. The van der Waals surface area contributed by atoms with Gasteiger partial charge in [-0.25, -0.2) is 4.79 Å². The predicted molar refractivity (Wildman–Crippen MR) is 150 cm³/mol. The second-order valence-corrected chi connectivity index (χ2v) is 11.3. The number of esters is 1. The van der Waals surface area contributed by atoms with Crippen LogP contribution in [-0.2, 0) is 11.6 Å². The molecular formula is C32H26F3NO7. The standard InChI is InChI=1S/C32H26F3NO7/c1-16(2)36-28(38)21-12-6-17(14-23(21)29(36)39)30(40)42-20-11-13-22-24(15-20)43-27(32(33,34)35)26(25(22)37)41-19-9-7-18(8-10-19)31(3,4)5/h6-16H,1-5H3. The molecule has 1 aromatic heterocycles. The van der Waals surface area contributed by atoms with E-state index < -0.39 is 52.5 Å². The number of carbonyl (C=O) groups is 3. The van der Waals surface area contributed by atoms with Gasteiger partial charge in [-0.3, -0.25) is 19.3 Å². The Kier molecular flexibility index (Phi) is 7.16. The highest BCUT2D eigenvalue weighted by Gasteiger charge is 2.41. The van der Waals surface area contributed by atoms with E-state index in [4.69, 9.17) is 13.9 Å². The van der Waals surface area contributed by atoms with Crippen molar-refractivity contribution >= 4 is 28.8 Å². The Morgan fingerprint density at radius 1 is 0.837 bits per heavy atom. The summed E-state index contributed by atoms with van der Waals surface area (Å²) < 4.78 is 57.8. The van der Waals surface area contributed by atoms with Gasteiger partial charge in [0.05, 0.1) is 22.1 Å². The van der Waals surface area contributed by atoms with Gasteiger partial charge in [-0.2, -0.15) is 13.2 Å². The van der Waals surface area contributed by atoms with Crippen LogP contribution in [0.3, 0.4) is 0 Å². The number of carbonyl (C=O) groups excluding carboxylic acids is 3. The summed E-state index contributed by atoms with van der Waals surface area (Å²) in [5.41, 5.74) is -0.725. The van der Waals surface area contributed by atoms with E-state index in [1.165, 1.54) is 36.4 Å². The highest BCUT2D eigenvalue weighted by atomic mass is 19.4. The lowest BCUT2D eigenvalue weighted by Gasteiger charge is -2.19. The van der Waals surface area contributed by atoms with Crippen LogP contribution in [0.1, 0.15) is 77.0 Å². The lowest BCUT2D eigenvalue weighted by atomic mass is 9.87. The smallest absolute Gasteiger partial charge is 0.449 e. The van der Waals surface area contributed by atoms with Gasteiger partial charge in [0.25, 0.3) is 17.6 Å². The largest absolute Gasteiger partial charge is 0.453 e. The van der Waals surface area contributed by atoms with Crippen molar-refractivity contribution < 1.29 is 41.4 Å². The molecule has 43 heavy (non-hydrogen) atoms. The van der Waals surface area contributed by atoms with E-state index >= 15 is 0 Å². The summed E-state index contributed by atoms with van der Waals surface area (Å²) in [6.45, 7) is 9.28. The van der Waals surface area contributed by atoms with Gasteiger partial charge in [0, 0.05) is 12.1 Å². The Labute approximate surface area is 243 Å². The van der Waals surface area contributed by atoms with Gasteiger partial charge in [-0.05, 0) is 67.3 Å². The molecule has 0 N–H and O–H groups in total. The van der Waals surface area contributed by atoms with E-state index in [1.54, 1.807) is 26.0 Å². The van der Waals surface area contributed by atoms with E-state index in [0.29, 0.717) is 0 Å². The summed E-state index contributed by atoms with van der Waals surface area (Å²) in [4.78, 5) is 52.3. The van der Waals surface area contributed by atoms with E-state index in [2.05, 4.69) is 0 Å². The highest BCUT2D eigenvalue weighted by Crippen LogP contribution is 2.39. The number of hydrogen-bond donors (Lipinski definition) is 0. The predicted octanol–water partition coefficient (Wildman–Crippen LogP) is 7.13. The van der Waals surface area contributed by atoms with E-state index in [0.717, 1.165) is 22.6 Å². The molecule has 3 aromatic carbocycles. The monoisotopic (exact) mass is 593 g/mol. The summed E-state index contributed by atoms with van der Waals surface area (Å²) in [5, 5.41) is -0.232. The number of rotatable bonds is 5. The minimum Gasteiger partial charge on any atom is -0.449 e. The Bertz CT molecular complexity index is 1850. The molecule has 0 saturated carbocycles. The fraction of sp³-hybridized carbons (Fsp3) is 0.250. The molecule has 0 saturated heterocycles. The van der Waals surface area contributed by atoms with Crippen LogP contribution in [0.25, 0.3) is 11.0 Å². The van der Waals surface area contributed by atoms with Crippen LogP contribution in [0.15, 0.2) is 69.9 Å². The molecule has 0 atom stereocenters. The molecule has 0 unspecified atom stereocenters. The number of fused-ring (bicyclic) bond motifs is 2. The Morgan fingerprint density at radius 3 is 2.07 bits per heavy atom. The lowest BCUT2D eigenvalue weighted by Crippen LogP contribution is -2.35. The third kappa shape index (κ3) is 5.50. The molecule has 0 aliphatic carbocycles. The molecule has 0 spiro atoms. The maximum absolute atomic E-state index is 14.0. The molecule has 222 valence electrons. The van der Waals surface area contributed by atoms with E-state index in [1.807, 2.05) is 20.8 Å². The van der Waals surface area contributed by atoms with Gasteiger partial charge in [0.2, 0.25) is 11.2 Å². The number of nitrogens with zero attached hydrogens (tertiary/aromatic N) is 1. The van der Waals surface area contributed by atoms with Crippen LogP contribution in [-0.4, -0.2) is 28.7 Å². The number of imide groups is 1. The lowest BCUT2D eigenvalue weighted by molar-refractivity contribution is -0.154. The van der Waals surface area contributed by atoms with Crippen molar-refractivity contribution in [3.8, 4) is 17.2 Å². The number of alkyl halides is 3. The average Bonchev–Trinajstić information content (AvgIpc) is 3.18. The normalized spacial score (nSPS) is 13.6. The summed E-state index contributed by atoms with van der Waals surface area (Å²) in [6, 6.07) is 13.2.